The smallest absolute Gasteiger partial charge is 0.250 e. The lowest BCUT2D eigenvalue weighted by atomic mass is 9.98. The zero-order chi connectivity index (χ0) is 30.8. The van der Waals surface area contributed by atoms with E-state index in [1.807, 2.05) is 73.4 Å². The molecule has 6 rings (SSSR count). The van der Waals surface area contributed by atoms with Gasteiger partial charge in [0.05, 0.1) is 52.0 Å². The predicted molar refractivity (Wildman–Crippen MR) is 174 cm³/mol. The Hall–Kier alpha value is -3.87. The highest BCUT2D eigenvalue weighted by molar-refractivity contribution is 7.81. The molecule has 2 aromatic heterocycles. The van der Waals surface area contributed by atoms with Crippen LogP contribution in [0.15, 0.2) is 72.8 Å². The van der Waals surface area contributed by atoms with Gasteiger partial charge in [-0.1, -0.05) is 42.0 Å². The standard InChI is InChI=1S/C32H33ClN6O4S/c1-20(24-4-3-5-28(30(24)33)42-13-10-38-8-11-41-12-9-38)43-29-16-23(15-25(31(29)44)32(34)40)39-19-35-26-14-21(6-7-27(26)39)22-17-36-37(2)18-22/h3-7,14-20,29H,8-13H2,1-2H3,(H2,34,40)/t20-,29?/m1/s1. The number of morpholine rings is 1. The van der Waals surface area contributed by atoms with Crippen LogP contribution in [-0.4, -0.2) is 80.6 Å². The minimum Gasteiger partial charge on any atom is -0.491 e. The van der Waals surface area contributed by atoms with Gasteiger partial charge in [-0.25, -0.2) is 4.98 Å². The van der Waals surface area contributed by atoms with Crippen molar-refractivity contribution >= 4 is 51.3 Å². The highest BCUT2D eigenvalue weighted by Crippen LogP contribution is 2.36. The van der Waals surface area contributed by atoms with Crippen LogP contribution >= 0.6 is 23.8 Å². The third-order valence-corrected chi connectivity index (χ3v) is 8.67. The number of carbonyl (C=O) groups is 1. The fraction of sp³-hybridized carbons (Fsp3) is 0.312. The Kier molecular flexibility index (Phi) is 8.92. The van der Waals surface area contributed by atoms with Crippen molar-refractivity contribution < 1.29 is 19.0 Å². The van der Waals surface area contributed by atoms with Crippen LogP contribution in [0.25, 0.3) is 27.9 Å². The molecule has 3 heterocycles. The Bertz CT molecular complexity index is 1770. The number of allylic oxidation sites excluding steroid dienone is 2. The quantitative estimate of drug-likeness (QED) is 0.253. The van der Waals surface area contributed by atoms with Gasteiger partial charge in [-0.2, -0.15) is 5.10 Å². The number of ether oxygens (including phenoxy) is 3. The largest absolute Gasteiger partial charge is 0.491 e. The zero-order valence-corrected chi connectivity index (χ0v) is 26.1. The summed E-state index contributed by atoms with van der Waals surface area (Å²) in [5, 5.41) is 4.74. The van der Waals surface area contributed by atoms with Crippen LogP contribution in [0.1, 0.15) is 18.6 Å². The molecule has 10 nitrogen and oxygen atoms in total. The fourth-order valence-corrected chi connectivity index (χ4v) is 6.04. The van der Waals surface area contributed by atoms with Crippen LogP contribution in [0, 0.1) is 0 Å². The van der Waals surface area contributed by atoms with Crippen LogP contribution in [-0.2, 0) is 21.3 Å². The Morgan fingerprint density at radius 3 is 2.80 bits per heavy atom. The summed E-state index contributed by atoms with van der Waals surface area (Å²) in [5.74, 6) is -0.0394. The van der Waals surface area contributed by atoms with E-state index in [-0.39, 0.29) is 5.57 Å². The molecule has 0 saturated carbocycles. The van der Waals surface area contributed by atoms with Crippen LogP contribution in [0.4, 0.5) is 0 Å². The van der Waals surface area contributed by atoms with Crippen molar-refractivity contribution in [3.05, 3.63) is 83.4 Å². The Morgan fingerprint density at radius 1 is 1.23 bits per heavy atom. The third kappa shape index (κ3) is 6.33. The maximum absolute atomic E-state index is 12.5. The van der Waals surface area contributed by atoms with Crippen molar-refractivity contribution in [3.8, 4) is 16.9 Å². The molecule has 2 N–H and O–H groups in total. The van der Waals surface area contributed by atoms with Crippen LogP contribution in [0.3, 0.4) is 0 Å². The van der Waals surface area contributed by atoms with Gasteiger partial charge in [-0.3, -0.25) is 18.9 Å². The van der Waals surface area contributed by atoms with Gasteiger partial charge in [0.2, 0.25) is 5.91 Å². The highest BCUT2D eigenvalue weighted by Gasteiger charge is 2.29. The molecule has 0 spiro atoms. The molecule has 2 atom stereocenters. The lowest BCUT2D eigenvalue weighted by Gasteiger charge is -2.27. The molecule has 1 fully saturated rings. The summed E-state index contributed by atoms with van der Waals surface area (Å²) < 4.78 is 21.6. The molecule has 1 unspecified atom stereocenters. The molecule has 2 aromatic carbocycles. The summed E-state index contributed by atoms with van der Waals surface area (Å²) in [5.41, 5.74) is 11.0. The van der Waals surface area contributed by atoms with Crippen molar-refractivity contribution in [2.24, 2.45) is 12.8 Å². The summed E-state index contributed by atoms with van der Waals surface area (Å²) in [4.78, 5) is 19.7. The second kappa shape index (κ2) is 13.0. The van der Waals surface area contributed by atoms with E-state index in [0.717, 1.165) is 60.6 Å². The number of fused-ring (bicyclic) bond motifs is 1. The van der Waals surface area contributed by atoms with Crippen LogP contribution < -0.4 is 10.5 Å². The van der Waals surface area contributed by atoms with Crippen molar-refractivity contribution in [1.82, 2.24) is 24.2 Å². The number of amides is 1. The minimum atomic E-state index is -0.712. The summed E-state index contributed by atoms with van der Waals surface area (Å²) in [7, 11) is 1.88. The van der Waals surface area contributed by atoms with Crippen molar-refractivity contribution in [2.75, 3.05) is 39.5 Å². The van der Waals surface area contributed by atoms with Crippen LogP contribution in [0.2, 0.25) is 5.02 Å². The number of nitrogens with two attached hydrogens (primary N) is 1. The molecule has 1 saturated heterocycles. The molecule has 12 heteroatoms. The first-order chi connectivity index (χ1) is 21.3. The first-order valence-electron chi connectivity index (χ1n) is 14.4. The molecular formula is C32H33ClN6O4S. The Labute approximate surface area is 265 Å². The van der Waals surface area contributed by atoms with E-state index in [4.69, 9.17) is 43.8 Å². The number of aryl methyl sites for hydroxylation is 1. The maximum Gasteiger partial charge on any atom is 0.250 e. The average molecular weight is 633 g/mol. The Morgan fingerprint density at radius 2 is 2.05 bits per heavy atom. The van der Waals surface area contributed by atoms with E-state index in [1.54, 1.807) is 17.1 Å². The maximum atomic E-state index is 12.5. The average Bonchev–Trinajstić information content (AvgIpc) is 3.65. The lowest BCUT2D eigenvalue weighted by Crippen LogP contribution is -2.38. The number of rotatable bonds is 10. The lowest BCUT2D eigenvalue weighted by molar-refractivity contribution is -0.114. The molecule has 1 aliphatic heterocycles. The van der Waals surface area contributed by atoms with Gasteiger partial charge in [0.1, 0.15) is 24.8 Å². The minimum absolute atomic E-state index is 0.217. The van der Waals surface area contributed by atoms with Gasteiger partial charge in [0.25, 0.3) is 0 Å². The van der Waals surface area contributed by atoms with E-state index in [0.29, 0.717) is 27.9 Å². The molecular weight excluding hydrogens is 600 g/mol. The third-order valence-electron chi connectivity index (χ3n) is 7.82. The molecule has 1 aliphatic carbocycles. The van der Waals surface area contributed by atoms with Gasteiger partial charge in [0.15, 0.2) is 0 Å². The van der Waals surface area contributed by atoms with Gasteiger partial charge in [-0.15, -0.1) is 0 Å². The first-order valence-corrected chi connectivity index (χ1v) is 15.2. The number of primary amides is 1. The second-order valence-electron chi connectivity index (χ2n) is 10.8. The Balaban J connectivity index is 1.23. The topological polar surface area (TPSA) is 110 Å². The van der Waals surface area contributed by atoms with Gasteiger partial charge in [-0.05, 0) is 42.8 Å². The van der Waals surface area contributed by atoms with Crippen molar-refractivity contribution in [2.45, 2.75) is 19.1 Å². The van der Waals surface area contributed by atoms with Crippen molar-refractivity contribution in [3.63, 3.8) is 0 Å². The molecule has 4 aromatic rings. The van der Waals surface area contributed by atoms with Gasteiger partial charge in [0, 0.05) is 49.7 Å². The SMILES string of the molecule is C[C@@H](OC1C=C(n2cnc3cc(-c4cnn(C)c4)ccc32)C=C(C(N)=O)C1=S)c1cccc(OCCN2CCOCC2)c1Cl. The number of hydrogen-bond donors (Lipinski definition) is 1. The highest BCUT2D eigenvalue weighted by atomic mass is 35.5. The summed E-state index contributed by atoms with van der Waals surface area (Å²) in [6.45, 7) is 6.44. The zero-order valence-electron chi connectivity index (χ0n) is 24.5. The number of aromatic nitrogens is 4. The number of carbonyl (C=O) groups excluding carboxylic acids is 1. The first kappa shape index (κ1) is 30.2. The molecule has 228 valence electrons. The monoisotopic (exact) mass is 632 g/mol. The molecule has 0 bridgehead atoms. The van der Waals surface area contributed by atoms with Gasteiger partial charge < -0.3 is 19.9 Å². The summed E-state index contributed by atoms with van der Waals surface area (Å²) in [6, 6.07) is 11.6. The molecule has 2 aliphatic rings. The molecule has 0 radical (unpaired) electrons. The number of halogens is 1. The number of nitrogens with zero attached hydrogens (tertiary/aromatic N) is 5. The summed E-state index contributed by atoms with van der Waals surface area (Å²) in [6.07, 6.45) is 7.85. The second-order valence-corrected chi connectivity index (χ2v) is 11.6. The van der Waals surface area contributed by atoms with E-state index in [1.165, 1.54) is 0 Å². The van der Waals surface area contributed by atoms with E-state index in [2.05, 4.69) is 15.0 Å². The van der Waals surface area contributed by atoms with E-state index >= 15 is 0 Å². The normalized spacial score (nSPS) is 18.2. The number of thiocarbonyl (C=S) groups is 1. The summed E-state index contributed by atoms with van der Waals surface area (Å²) >= 11 is 12.5. The number of benzene rings is 2. The molecule has 1 amide bonds. The predicted octanol–water partition coefficient (Wildman–Crippen LogP) is 4.58. The molecule has 44 heavy (non-hydrogen) atoms. The van der Waals surface area contributed by atoms with E-state index < -0.39 is 18.1 Å². The van der Waals surface area contributed by atoms with Crippen molar-refractivity contribution in [1.29, 1.82) is 0 Å². The van der Waals surface area contributed by atoms with Gasteiger partial charge >= 0.3 is 0 Å². The fourth-order valence-electron chi connectivity index (χ4n) is 5.42. The van der Waals surface area contributed by atoms with E-state index in [9.17, 15) is 4.79 Å². The number of imidazole rings is 1. The number of hydrogen-bond acceptors (Lipinski definition) is 8. The van der Waals surface area contributed by atoms with Crippen LogP contribution in [0.5, 0.6) is 5.75 Å².